The van der Waals surface area contributed by atoms with E-state index in [0.717, 1.165) is 28.3 Å². The molecule has 0 radical (unpaired) electrons. The van der Waals surface area contributed by atoms with Gasteiger partial charge in [-0.2, -0.15) is 0 Å². The number of benzene rings is 2. The summed E-state index contributed by atoms with van der Waals surface area (Å²) in [5, 5.41) is 3.77. The van der Waals surface area contributed by atoms with Crippen LogP contribution in [0.15, 0.2) is 85.3 Å². The largest absolute Gasteiger partial charge is 0.351 e. The summed E-state index contributed by atoms with van der Waals surface area (Å²) in [5.41, 5.74) is 3.26. The van der Waals surface area contributed by atoms with Gasteiger partial charge >= 0.3 is 0 Å². The van der Waals surface area contributed by atoms with Crippen molar-refractivity contribution in [1.82, 2.24) is 19.9 Å². The maximum atomic E-state index is 12.6. The summed E-state index contributed by atoms with van der Waals surface area (Å²) in [7, 11) is 0. The van der Waals surface area contributed by atoms with Gasteiger partial charge < -0.3 is 5.32 Å². The molecule has 0 saturated carbocycles. The van der Waals surface area contributed by atoms with E-state index in [1.54, 1.807) is 24.2 Å². The van der Waals surface area contributed by atoms with Crippen molar-refractivity contribution >= 4 is 29.3 Å². The summed E-state index contributed by atoms with van der Waals surface area (Å²) < 4.78 is 1.91. The predicted molar refractivity (Wildman–Crippen MR) is 130 cm³/mol. The Morgan fingerprint density at radius 1 is 1.03 bits per heavy atom. The molecular formula is C25H23ClN4OS. The van der Waals surface area contributed by atoms with Crippen LogP contribution in [-0.4, -0.2) is 26.2 Å². The monoisotopic (exact) mass is 462 g/mol. The summed E-state index contributed by atoms with van der Waals surface area (Å²) in [4.78, 5) is 21.3. The van der Waals surface area contributed by atoms with E-state index in [0.29, 0.717) is 17.3 Å². The maximum absolute atomic E-state index is 12.6. The molecule has 5 nitrogen and oxygen atoms in total. The van der Waals surface area contributed by atoms with Gasteiger partial charge in [0.2, 0.25) is 5.91 Å². The molecule has 1 atom stereocenters. The van der Waals surface area contributed by atoms with Crippen molar-refractivity contribution in [1.29, 1.82) is 0 Å². The summed E-state index contributed by atoms with van der Waals surface area (Å²) in [6.07, 6.45) is 5.36. The van der Waals surface area contributed by atoms with Crippen LogP contribution in [0.1, 0.15) is 27.8 Å². The summed E-state index contributed by atoms with van der Waals surface area (Å²) in [5.74, 6) is 1.99. The van der Waals surface area contributed by atoms with Gasteiger partial charge in [0, 0.05) is 30.2 Å². The van der Waals surface area contributed by atoms with Crippen LogP contribution in [0.4, 0.5) is 0 Å². The van der Waals surface area contributed by atoms with Gasteiger partial charge in [-0.15, -0.1) is 11.8 Å². The van der Waals surface area contributed by atoms with Gasteiger partial charge in [0.25, 0.3) is 0 Å². The topological polar surface area (TPSA) is 59.8 Å². The lowest BCUT2D eigenvalue weighted by atomic mass is 10.0. The lowest BCUT2D eigenvalue weighted by Gasteiger charge is -2.18. The first-order valence-electron chi connectivity index (χ1n) is 10.2. The predicted octanol–water partition coefficient (Wildman–Crippen LogP) is 5.37. The zero-order valence-corrected chi connectivity index (χ0v) is 19.2. The van der Waals surface area contributed by atoms with Crippen molar-refractivity contribution in [2.24, 2.45) is 0 Å². The second-order valence-electron chi connectivity index (χ2n) is 7.30. The normalized spacial score (nSPS) is 11.8. The third kappa shape index (κ3) is 5.58. The lowest BCUT2D eigenvalue weighted by Crippen LogP contribution is -2.25. The Bertz CT molecular complexity index is 1180. The lowest BCUT2D eigenvalue weighted by molar-refractivity contribution is -0.118. The van der Waals surface area contributed by atoms with Gasteiger partial charge in [-0.3, -0.25) is 9.36 Å². The van der Waals surface area contributed by atoms with Crippen LogP contribution in [0.25, 0.3) is 5.82 Å². The van der Waals surface area contributed by atoms with E-state index in [2.05, 4.69) is 27.4 Å². The Morgan fingerprint density at radius 2 is 1.78 bits per heavy atom. The highest BCUT2D eigenvalue weighted by molar-refractivity contribution is 8.00. The third-order valence-electron chi connectivity index (χ3n) is 5.03. The number of halogens is 1. The molecule has 0 fully saturated rings. The van der Waals surface area contributed by atoms with E-state index in [1.807, 2.05) is 72.3 Å². The minimum atomic E-state index is -0.0120. The van der Waals surface area contributed by atoms with Crippen LogP contribution < -0.4 is 5.32 Å². The summed E-state index contributed by atoms with van der Waals surface area (Å²) in [6, 6.07) is 21.9. The van der Waals surface area contributed by atoms with Crippen molar-refractivity contribution in [3.8, 4) is 5.82 Å². The van der Waals surface area contributed by atoms with Gasteiger partial charge in [0.05, 0.1) is 11.0 Å². The number of carbonyl (C=O) groups is 1. The van der Waals surface area contributed by atoms with E-state index in [1.165, 1.54) is 0 Å². The summed E-state index contributed by atoms with van der Waals surface area (Å²) in [6.45, 7) is 2.37. The Morgan fingerprint density at radius 3 is 2.50 bits per heavy atom. The molecule has 162 valence electrons. The third-order valence-corrected chi connectivity index (χ3v) is 6.59. The molecule has 32 heavy (non-hydrogen) atoms. The molecule has 2 aromatic carbocycles. The highest BCUT2D eigenvalue weighted by Crippen LogP contribution is 2.35. The zero-order valence-electron chi connectivity index (χ0n) is 17.6. The average molecular weight is 463 g/mol. The molecule has 7 heteroatoms. The number of nitrogens with one attached hydrogen (secondary N) is 1. The van der Waals surface area contributed by atoms with Crippen LogP contribution in [-0.2, 0) is 11.3 Å². The van der Waals surface area contributed by atoms with Crippen LogP contribution >= 0.6 is 23.4 Å². The molecule has 4 aromatic rings. The van der Waals surface area contributed by atoms with Crippen molar-refractivity contribution in [2.75, 3.05) is 5.75 Å². The first-order chi connectivity index (χ1) is 15.6. The van der Waals surface area contributed by atoms with Gasteiger partial charge in [0.15, 0.2) is 0 Å². The molecular weight excluding hydrogens is 440 g/mol. The van der Waals surface area contributed by atoms with Crippen molar-refractivity contribution in [3.63, 3.8) is 0 Å². The molecule has 1 amide bonds. The highest BCUT2D eigenvalue weighted by atomic mass is 35.5. The maximum Gasteiger partial charge on any atom is 0.230 e. The molecule has 0 spiro atoms. The molecule has 4 rings (SSSR count). The van der Waals surface area contributed by atoms with Gasteiger partial charge in [-0.25, -0.2) is 9.97 Å². The van der Waals surface area contributed by atoms with Crippen LogP contribution in [0.2, 0.25) is 5.02 Å². The number of pyridine rings is 1. The second kappa shape index (κ2) is 10.5. The highest BCUT2D eigenvalue weighted by Gasteiger charge is 2.16. The first-order valence-corrected chi connectivity index (χ1v) is 11.7. The number of amides is 1. The molecule has 0 aliphatic rings. The molecule has 0 aliphatic carbocycles. The number of hydrogen-bond donors (Lipinski definition) is 1. The zero-order chi connectivity index (χ0) is 22.3. The number of aryl methyl sites for hydroxylation is 1. The molecule has 1 N–H and O–H groups in total. The van der Waals surface area contributed by atoms with E-state index in [9.17, 15) is 4.79 Å². The fourth-order valence-electron chi connectivity index (χ4n) is 3.38. The molecule has 0 aliphatic heterocycles. The standard InChI is InChI=1S/C25H23ClN4OS/c1-18-27-13-14-30(18)23-15-19(11-12-28-23)16-29-24(31)17-32-25(20-5-3-2-4-6-20)21-7-9-22(26)10-8-21/h2-15,25H,16-17H2,1H3,(H,29,31). The van der Waals surface area contributed by atoms with E-state index >= 15 is 0 Å². The Balaban J connectivity index is 1.39. The number of hydrogen-bond acceptors (Lipinski definition) is 4. The molecule has 1 unspecified atom stereocenters. The molecule has 2 aromatic heterocycles. The smallest absolute Gasteiger partial charge is 0.230 e. The first kappa shape index (κ1) is 22.1. The van der Waals surface area contributed by atoms with Crippen molar-refractivity contribution < 1.29 is 4.79 Å². The fraction of sp³-hybridized carbons (Fsp3) is 0.160. The van der Waals surface area contributed by atoms with Crippen LogP contribution in [0.5, 0.6) is 0 Å². The number of aromatic nitrogens is 3. The van der Waals surface area contributed by atoms with Gasteiger partial charge in [0.1, 0.15) is 11.6 Å². The Labute approximate surface area is 196 Å². The number of thioether (sulfide) groups is 1. The van der Waals surface area contributed by atoms with Crippen LogP contribution in [0.3, 0.4) is 0 Å². The van der Waals surface area contributed by atoms with Gasteiger partial charge in [-0.1, -0.05) is 54.1 Å². The van der Waals surface area contributed by atoms with E-state index in [4.69, 9.17) is 11.6 Å². The quantitative estimate of drug-likeness (QED) is 0.382. The molecule has 2 heterocycles. The minimum absolute atomic E-state index is 0.0120. The van der Waals surface area contributed by atoms with Crippen LogP contribution in [0, 0.1) is 6.92 Å². The van der Waals surface area contributed by atoms with E-state index < -0.39 is 0 Å². The number of carbonyl (C=O) groups excluding carboxylic acids is 1. The number of imidazole rings is 1. The second-order valence-corrected chi connectivity index (χ2v) is 8.83. The Hall–Kier alpha value is -3.09. The number of nitrogens with zero attached hydrogens (tertiary/aromatic N) is 3. The average Bonchev–Trinajstić information content (AvgIpc) is 3.26. The molecule has 0 saturated heterocycles. The fourth-order valence-corrected chi connectivity index (χ4v) is 4.63. The van der Waals surface area contributed by atoms with Crippen molar-refractivity contribution in [3.05, 3.63) is 113 Å². The molecule has 0 bridgehead atoms. The minimum Gasteiger partial charge on any atom is -0.351 e. The van der Waals surface area contributed by atoms with E-state index in [-0.39, 0.29) is 11.2 Å². The SMILES string of the molecule is Cc1nccn1-c1cc(CNC(=O)CSC(c2ccccc2)c2ccc(Cl)cc2)ccn1. The summed E-state index contributed by atoms with van der Waals surface area (Å²) >= 11 is 7.66. The van der Waals surface area contributed by atoms with Crippen molar-refractivity contribution in [2.45, 2.75) is 18.7 Å². The van der Waals surface area contributed by atoms with Gasteiger partial charge in [-0.05, 0) is 47.9 Å². The number of rotatable bonds is 8. The Kier molecular flexibility index (Phi) is 7.24.